The number of aliphatic carboxylic acids is 2. The lowest BCUT2D eigenvalue weighted by Crippen LogP contribution is -2.49. The van der Waals surface area contributed by atoms with Gasteiger partial charge < -0.3 is 30.8 Å². The SMILES string of the molecule is O=C(O)[C@H](O)[C@@H](O)C(=O)O.OC1(CN(Cc2ccc(Cl)cc2Cl)C2CCNCC2)CCCC1. The fourth-order valence-corrected chi connectivity index (χ4v) is 4.66. The summed E-state index contributed by atoms with van der Waals surface area (Å²) < 4.78 is 0. The van der Waals surface area contributed by atoms with Crippen molar-refractivity contribution >= 4 is 35.1 Å². The number of benzene rings is 1. The van der Waals surface area contributed by atoms with Crippen molar-refractivity contribution in [3.63, 3.8) is 0 Å². The lowest BCUT2D eigenvalue weighted by molar-refractivity contribution is -0.165. The van der Waals surface area contributed by atoms with Crippen LogP contribution in [0.15, 0.2) is 18.2 Å². The minimum Gasteiger partial charge on any atom is -0.479 e. The van der Waals surface area contributed by atoms with Crippen LogP contribution in [0.25, 0.3) is 0 Å². The number of carbonyl (C=O) groups is 2. The fourth-order valence-electron chi connectivity index (χ4n) is 4.19. The number of hydrogen-bond donors (Lipinski definition) is 6. The summed E-state index contributed by atoms with van der Waals surface area (Å²) in [5, 5.41) is 48.2. The number of nitrogens with one attached hydrogen (secondary N) is 1. The molecule has 2 atom stereocenters. The summed E-state index contributed by atoms with van der Waals surface area (Å²) in [6, 6.07) is 6.22. The Morgan fingerprint density at radius 1 is 1.06 bits per heavy atom. The van der Waals surface area contributed by atoms with Gasteiger partial charge in [0.1, 0.15) is 0 Å². The number of carboxylic acid groups (broad SMARTS) is 2. The number of aliphatic hydroxyl groups is 3. The van der Waals surface area contributed by atoms with E-state index in [1.807, 2.05) is 18.2 Å². The molecule has 1 heterocycles. The Morgan fingerprint density at radius 3 is 2.09 bits per heavy atom. The topological polar surface area (TPSA) is 151 Å². The maximum absolute atomic E-state index is 10.9. The highest BCUT2D eigenvalue weighted by Crippen LogP contribution is 2.33. The van der Waals surface area contributed by atoms with Crippen LogP contribution in [-0.4, -0.2) is 85.9 Å². The lowest BCUT2D eigenvalue weighted by atomic mass is 9.97. The molecule has 2 fully saturated rings. The van der Waals surface area contributed by atoms with E-state index in [9.17, 15) is 14.7 Å². The van der Waals surface area contributed by atoms with E-state index in [1.165, 1.54) is 0 Å². The molecule has 0 bridgehead atoms. The van der Waals surface area contributed by atoms with Crippen molar-refractivity contribution in [2.75, 3.05) is 19.6 Å². The third kappa shape index (κ3) is 8.68. The summed E-state index contributed by atoms with van der Waals surface area (Å²) in [6.07, 6.45) is 1.83. The Morgan fingerprint density at radius 2 is 1.61 bits per heavy atom. The van der Waals surface area contributed by atoms with Crippen LogP contribution in [0.5, 0.6) is 0 Å². The second-order valence-corrected chi connectivity index (χ2v) is 9.46. The van der Waals surface area contributed by atoms with Crippen LogP contribution in [0.1, 0.15) is 44.1 Å². The van der Waals surface area contributed by atoms with Gasteiger partial charge in [-0.2, -0.15) is 0 Å². The zero-order valence-corrected chi connectivity index (χ0v) is 19.8. The largest absolute Gasteiger partial charge is 0.479 e. The summed E-state index contributed by atoms with van der Waals surface area (Å²) in [6.45, 7) is 3.63. The third-order valence-electron chi connectivity index (χ3n) is 6.05. The predicted molar refractivity (Wildman–Crippen MR) is 123 cm³/mol. The number of aliphatic hydroxyl groups excluding tert-OH is 2. The Labute approximate surface area is 202 Å². The minimum atomic E-state index is -2.27. The summed E-state index contributed by atoms with van der Waals surface area (Å²) in [5.41, 5.74) is 0.570. The van der Waals surface area contributed by atoms with Gasteiger partial charge in [-0.25, -0.2) is 9.59 Å². The minimum absolute atomic E-state index is 0.507. The van der Waals surface area contributed by atoms with Crippen molar-refractivity contribution < 1.29 is 35.1 Å². The molecule has 33 heavy (non-hydrogen) atoms. The molecular formula is C22H32Cl2N2O7. The van der Waals surface area contributed by atoms with Crippen LogP contribution in [0.4, 0.5) is 0 Å². The van der Waals surface area contributed by atoms with Gasteiger partial charge in [0.05, 0.1) is 5.60 Å². The predicted octanol–water partition coefficient (Wildman–Crippen LogP) is 1.73. The summed E-state index contributed by atoms with van der Waals surface area (Å²) in [5.74, 6) is -3.54. The quantitative estimate of drug-likeness (QED) is 0.309. The Kier molecular flexibility index (Phi) is 10.8. The van der Waals surface area contributed by atoms with Gasteiger partial charge in [-0.1, -0.05) is 42.1 Å². The molecule has 9 nitrogen and oxygen atoms in total. The average molecular weight is 507 g/mol. The van der Waals surface area contributed by atoms with Crippen molar-refractivity contribution in [3.8, 4) is 0 Å². The molecule has 1 saturated carbocycles. The van der Waals surface area contributed by atoms with Gasteiger partial charge >= 0.3 is 11.9 Å². The molecule has 0 unspecified atom stereocenters. The lowest BCUT2D eigenvalue weighted by Gasteiger charge is -2.39. The molecule has 1 aliphatic carbocycles. The number of carboxylic acids is 2. The second-order valence-electron chi connectivity index (χ2n) is 8.62. The number of piperidine rings is 1. The van der Waals surface area contributed by atoms with Gasteiger partial charge in [-0.3, -0.25) is 4.90 Å². The van der Waals surface area contributed by atoms with E-state index in [4.69, 9.17) is 43.6 Å². The zero-order valence-electron chi connectivity index (χ0n) is 18.3. The molecule has 0 amide bonds. The molecule has 0 spiro atoms. The first-order valence-electron chi connectivity index (χ1n) is 11.0. The van der Waals surface area contributed by atoms with Gasteiger partial charge in [0, 0.05) is 29.2 Å². The molecule has 0 radical (unpaired) electrons. The first-order chi connectivity index (χ1) is 15.5. The first kappa shape index (κ1) is 27.8. The highest BCUT2D eigenvalue weighted by atomic mass is 35.5. The van der Waals surface area contributed by atoms with E-state index in [2.05, 4.69) is 10.2 Å². The molecule has 1 aliphatic heterocycles. The number of rotatable bonds is 8. The van der Waals surface area contributed by atoms with E-state index in [1.54, 1.807) is 0 Å². The van der Waals surface area contributed by atoms with Crippen LogP contribution in [0.3, 0.4) is 0 Å². The first-order valence-corrected chi connectivity index (χ1v) is 11.7. The van der Waals surface area contributed by atoms with Gasteiger partial charge in [-0.05, 0) is 56.5 Å². The Balaban J connectivity index is 0.000000328. The van der Waals surface area contributed by atoms with Crippen molar-refractivity contribution in [2.24, 2.45) is 0 Å². The van der Waals surface area contributed by atoms with Crippen LogP contribution >= 0.6 is 23.2 Å². The van der Waals surface area contributed by atoms with E-state index >= 15 is 0 Å². The van der Waals surface area contributed by atoms with Crippen LogP contribution in [0, 0.1) is 0 Å². The second kappa shape index (κ2) is 12.9. The zero-order chi connectivity index (χ0) is 24.6. The van der Waals surface area contributed by atoms with Gasteiger partial charge in [0.2, 0.25) is 0 Å². The summed E-state index contributed by atoms with van der Waals surface area (Å²) >= 11 is 12.4. The molecule has 6 N–H and O–H groups in total. The summed E-state index contributed by atoms with van der Waals surface area (Å²) in [7, 11) is 0. The van der Waals surface area contributed by atoms with Gasteiger partial charge in [-0.15, -0.1) is 0 Å². The Bertz CT molecular complexity index is 781. The fraction of sp³-hybridized carbons (Fsp3) is 0.636. The molecule has 3 rings (SSSR count). The number of halogens is 2. The van der Waals surface area contributed by atoms with Crippen LogP contribution in [0.2, 0.25) is 10.0 Å². The van der Waals surface area contributed by atoms with E-state index in [0.717, 1.165) is 75.3 Å². The highest BCUT2D eigenvalue weighted by Gasteiger charge is 2.35. The molecule has 1 aromatic rings. The maximum Gasteiger partial charge on any atom is 0.335 e. The van der Waals surface area contributed by atoms with Crippen LogP contribution < -0.4 is 5.32 Å². The van der Waals surface area contributed by atoms with Gasteiger partial charge in [0.15, 0.2) is 12.2 Å². The van der Waals surface area contributed by atoms with E-state index in [-0.39, 0.29) is 0 Å². The van der Waals surface area contributed by atoms with E-state index in [0.29, 0.717) is 11.1 Å². The molecule has 2 aliphatic rings. The number of hydrogen-bond acceptors (Lipinski definition) is 7. The molecule has 0 aromatic heterocycles. The molecule has 11 heteroatoms. The highest BCUT2D eigenvalue weighted by molar-refractivity contribution is 6.35. The molecule has 1 saturated heterocycles. The van der Waals surface area contributed by atoms with Crippen LogP contribution in [-0.2, 0) is 16.1 Å². The van der Waals surface area contributed by atoms with Gasteiger partial charge in [0.25, 0.3) is 0 Å². The summed E-state index contributed by atoms with van der Waals surface area (Å²) in [4.78, 5) is 22.0. The van der Waals surface area contributed by atoms with Crippen molar-refractivity contribution in [1.82, 2.24) is 10.2 Å². The monoisotopic (exact) mass is 506 g/mol. The van der Waals surface area contributed by atoms with Crippen molar-refractivity contribution in [2.45, 2.75) is 68.9 Å². The third-order valence-corrected chi connectivity index (χ3v) is 6.64. The molecular weight excluding hydrogens is 475 g/mol. The van der Waals surface area contributed by atoms with E-state index < -0.39 is 29.7 Å². The Hall–Kier alpha value is -1.46. The molecule has 186 valence electrons. The standard InChI is InChI=1S/C18H26Cl2N2O.C4H6O6/c19-15-4-3-14(17(20)11-15)12-22(16-5-9-21-10-6-16)13-18(23)7-1-2-8-18;5-1(3(7)8)2(6)4(9)10/h3-4,11,16,21,23H,1-2,5-10,12-13H2;1-2,5-6H,(H,7,8)(H,9,10)/t;1-,2-/m.1/s1. The van der Waals surface area contributed by atoms with Crippen molar-refractivity contribution in [1.29, 1.82) is 0 Å². The van der Waals surface area contributed by atoms with Crippen molar-refractivity contribution in [3.05, 3.63) is 33.8 Å². The maximum atomic E-state index is 10.9. The average Bonchev–Trinajstić information content (AvgIpc) is 3.21. The normalized spacial score (nSPS) is 20.1. The smallest absolute Gasteiger partial charge is 0.335 e. The molecule has 1 aromatic carbocycles. The number of nitrogens with zero attached hydrogens (tertiary/aromatic N) is 1.